The lowest BCUT2D eigenvalue weighted by molar-refractivity contribution is 0.194. The Balaban J connectivity index is 3.57. The number of aliphatic hydroxyl groups is 1. The maximum Gasteiger partial charge on any atom is 0.0618 e. The fourth-order valence-electron chi connectivity index (χ4n) is 1.02. The molecule has 0 rings (SSSR count). The van der Waals surface area contributed by atoms with Gasteiger partial charge in [-0.2, -0.15) is 11.8 Å². The molecule has 2 N–H and O–H groups in total. The number of hydrogen-bond acceptors (Lipinski definition) is 4. The molecule has 0 aromatic rings. The molecule has 0 aromatic heterocycles. The Labute approximate surface area is 85.2 Å². The van der Waals surface area contributed by atoms with E-state index in [9.17, 15) is 0 Å². The predicted molar refractivity (Wildman–Crippen MR) is 58.4 cm³/mol. The SMILES string of the molecule is CCNC(C)(CO)CSCCOC. The molecule has 0 aliphatic heterocycles. The van der Waals surface area contributed by atoms with Crippen LogP contribution in [0.4, 0.5) is 0 Å². The summed E-state index contributed by atoms with van der Waals surface area (Å²) in [4.78, 5) is 0. The fourth-order valence-corrected chi connectivity index (χ4v) is 2.09. The summed E-state index contributed by atoms with van der Waals surface area (Å²) in [5, 5.41) is 12.4. The van der Waals surface area contributed by atoms with Crippen molar-refractivity contribution >= 4 is 11.8 Å². The Kier molecular flexibility index (Phi) is 7.75. The molecule has 0 aromatic carbocycles. The lowest BCUT2D eigenvalue weighted by Gasteiger charge is -2.27. The Morgan fingerprint density at radius 1 is 1.54 bits per heavy atom. The van der Waals surface area contributed by atoms with Gasteiger partial charge in [-0.25, -0.2) is 0 Å². The van der Waals surface area contributed by atoms with Crippen LogP contribution in [0.5, 0.6) is 0 Å². The van der Waals surface area contributed by atoms with Crippen molar-refractivity contribution in [1.82, 2.24) is 5.32 Å². The third-order valence-corrected chi connectivity index (χ3v) is 3.10. The summed E-state index contributed by atoms with van der Waals surface area (Å²) < 4.78 is 4.95. The Hall–Kier alpha value is 0.230. The van der Waals surface area contributed by atoms with E-state index >= 15 is 0 Å². The first kappa shape index (κ1) is 13.2. The summed E-state index contributed by atoms with van der Waals surface area (Å²) in [6, 6.07) is 0. The summed E-state index contributed by atoms with van der Waals surface area (Å²) in [5.74, 6) is 1.90. The highest BCUT2D eigenvalue weighted by Gasteiger charge is 2.21. The van der Waals surface area contributed by atoms with E-state index in [2.05, 4.69) is 5.32 Å². The second-order valence-electron chi connectivity index (χ2n) is 3.29. The maximum absolute atomic E-state index is 9.17. The topological polar surface area (TPSA) is 41.5 Å². The van der Waals surface area contributed by atoms with Crippen molar-refractivity contribution < 1.29 is 9.84 Å². The number of aliphatic hydroxyl groups excluding tert-OH is 1. The average Bonchev–Trinajstić information content (AvgIpc) is 2.13. The molecule has 0 aliphatic carbocycles. The van der Waals surface area contributed by atoms with Crippen LogP contribution in [0, 0.1) is 0 Å². The zero-order valence-corrected chi connectivity index (χ0v) is 9.62. The Morgan fingerprint density at radius 2 is 2.23 bits per heavy atom. The summed E-state index contributed by atoms with van der Waals surface area (Å²) in [6.07, 6.45) is 0. The molecule has 0 bridgehead atoms. The van der Waals surface area contributed by atoms with Gasteiger partial charge in [0, 0.05) is 24.2 Å². The minimum atomic E-state index is -0.146. The number of likely N-dealkylation sites (N-methyl/N-ethyl adjacent to an activating group) is 1. The molecule has 1 unspecified atom stereocenters. The summed E-state index contributed by atoms with van der Waals surface area (Å²) >= 11 is 1.80. The zero-order valence-electron chi connectivity index (χ0n) is 8.80. The van der Waals surface area contributed by atoms with Gasteiger partial charge in [-0.15, -0.1) is 0 Å². The van der Waals surface area contributed by atoms with Crippen LogP contribution >= 0.6 is 11.8 Å². The standard InChI is InChI=1S/C9H21NO2S/c1-4-10-9(2,7-11)8-13-6-5-12-3/h10-11H,4-8H2,1-3H3. The molecular formula is C9H21NO2S. The number of rotatable bonds is 8. The molecule has 13 heavy (non-hydrogen) atoms. The second kappa shape index (κ2) is 7.62. The molecule has 0 heterocycles. The van der Waals surface area contributed by atoms with Crippen molar-refractivity contribution in [3.63, 3.8) is 0 Å². The summed E-state index contributed by atoms with van der Waals surface area (Å²) in [6.45, 7) is 5.94. The molecule has 80 valence electrons. The molecule has 0 spiro atoms. The highest BCUT2D eigenvalue weighted by atomic mass is 32.2. The average molecular weight is 207 g/mol. The van der Waals surface area contributed by atoms with Crippen LogP contribution in [0.25, 0.3) is 0 Å². The monoisotopic (exact) mass is 207 g/mol. The van der Waals surface area contributed by atoms with Gasteiger partial charge in [0.05, 0.1) is 13.2 Å². The molecular weight excluding hydrogens is 186 g/mol. The third-order valence-electron chi connectivity index (χ3n) is 1.80. The van der Waals surface area contributed by atoms with Crippen molar-refractivity contribution in [2.45, 2.75) is 19.4 Å². The van der Waals surface area contributed by atoms with Crippen LogP contribution in [0.15, 0.2) is 0 Å². The predicted octanol–water partition coefficient (Wildman–Crippen LogP) is 0.726. The van der Waals surface area contributed by atoms with Gasteiger partial charge in [0.2, 0.25) is 0 Å². The smallest absolute Gasteiger partial charge is 0.0618 e. The summed E-state index contributed by atoms with van der Waals surface area (Å²) in [7, 11) is 1.70. The van der Waals surface area contributed by atoms with Gasteiger partial charge in [0.15, 0.2) is 0 Å². The summed E-state index contributed by atoms with van der Waals surface area (Å²) in [5.41, 5.74) is -0.146. The van der Waals surface area contributed by atoms with Crippen LogP contribution in [-0.4, -0.2) is 49.0 Å². The van der Waals surface area contributed by atoms with Gasteiger partial charge in [0.25, 0.3) is 0 Å². The number of hydrogen-bond donors (Lipinski definition) is 2. The van der Waals surface area contributed by atoms with Crippen LogP contribution in [-0.2, 0) is 4.74 Å². The molecule has 0 amide bonds. The van der Waals surface area contributed by atoms with Gasteiger partial charge in [-0.05, 0) is 13.5 Å². The van der Waals surface area contributed by atoms with Crippen LogP contribution in [0.1, 0.15) is 13.8 Å². The highest BCUT2D eigenvalue weighted by molar-refractivity contribution is 7.99. The largest absolute Gasteiger partial charge is 0.394 e. The van der Waals surface area contributed by atoms with E-state index in [4.69, 9.17) is 9.84 Å². The van der Waals surface area contributed by atoms with Gasteiger partial charge in [-0.1, -0.05) is 6.92 Å². The first-order valence-corrected chi connectivity index (χ1v) is 5.76. The van der Waals surface area contributed by atoms with Crippen molar-refractivity contribution in [1.29, 1.82) is 0 Å². The molecule has 1 atom stereocenters. The fraction of sp³-hybridized carbons (Fsp3) is 1.00. The van der Waals surface area contributed by atoms with Gasteiger partial charge in [0.1, 0.15) is 0 Å². The lowest BCUT2D eigenvalue weighted by Crippen LogP contribution is -2.48. The van der Waals surface area contributed by atoms with Gasteiger partial charge >= 0.3 is 0 Å². The van der Waals surface area contributed by atoms with E-state index in [1.165, 1.54) is 0 Å². The quantitative estimate of drug-likeness (QED) is 0.576. The minimum absolute atomic E-state index is 0.146. The molecule has 3 nitrogen and oxygen atoms in total. The van der Waals surface area contributed by atoms with E-state index in [0.29, 0.717) is 0 Å². The molecule has 0 aliphatic rings. The molecule has 0 fully saturated rings. The van der Waals surface area contributed by atoms with Gasteiger partial charge in [-0.3, -0.25) is 0 Å². The van der Waals surface area contributed by atoms with Crippen molar-refractivity contribution in [3.05, 3.63) is 0 Å². The molecule has 4 heteroatoms. The first-order valence-electron chi connectivity index (χ1n) is 4.61. The van der Waals surface area contributed by atoms with E-state index in [1.807, 2.05) is 13.8 Å². The van der Waals surface area contributed by atoms with Gasteiger partial charge < -0.3 is 15.2 Å². The zero-order chi connectivity index (χ0) is 10.2. The van der Waals surface area contributed by atoms with Crippen molar-refractivity contribution in [2.24, 2.45) is 0 Å². The Morgan fingerprint density at radius 3 is 2.69 bits per heavy atom. The molecule has 0 radical (unpaired) electrons. The normalized spacial score (nSPS) is 15.7. The van der Waals surface area contributed by atoms with Crippen LogP contribution < -0.4 is 5.32 Å². The minimum Gasteiger partial charge on any atom is -0.394 e. The molecule has 0 saturated carbocycles. The second-order valence-corrected chi connectivity index (χ2v) is 4.40. The van der Waals surface area contributed by atoms with E-state index in [1.54, 1.807) is 18.9 Å². The number of ether oxygens (including phenoxy) is 1. The first-order chi connectivity index (χ1) is 6.18. The number of methoxy groups -OCH3 is 1. The third kappa shape index (κ3) is 6.32. The van der Waals surface area contributed by atoms with Crippen molar-refractivity contribution in [2.75, 3.05) is 38.4 Å². The number of thioether (sulfide) groups is 1. The van der Waals surface area contributed by atoms with E-state index in [0.717, 1.165) is 24.7 Å². The molecule has 0 saturated heterocycles. The van der Waals surface area contributed by atoms with Crippen molar-refractivity contribution in [3.8, 4) is 0 Å². The number of nitrogens with one attached hydrogen (secondary N) is 1. The van der Waals surface area contributed by atoms with E-state index < -0.39 is 0 Å². The maximum atomic E-state index is 9.17. The van der Waals surface area contributed by atoms with Crippen LogP contribution in [0.2, 0.25) is 0 Å². The lowest BCUT2D eigenvalue weighted by atomic mass is 10.1. The highest BCUT2D eigenvalue weighted by Crippen LogP contribution is 2.12. The van der Waals surface area contributed by atoms with E-state index in [-0.39, 0.29) is 12.1 Å². The van der Waals surface area contributed by atoms with Crippen LogP contribution in [0.3, 0.4) is 0 Å². The Bertz CT molecular complexity index is 124.